The first-order chi connectivity index (χ1) is 7.93. The van der Waals surface area contributed by atoms with Crippen LogP contribution in [0.25, 0.3) is 0 Å². The quantitative estimate of drug-likeness (QED) is 0.876. The smallest absolute Gasteiger partial charge is 0.124 e. The third kappa shape index (κ3) is 2.73. The Bertz CT molecular complexity index is 378. The number of fused-ring (bicyclic) bond motifs is 1. The molecule has 1 saturated heterocycles. The molecule has 1 fully saturated rings. The van der Waals surface area contributed by atoms with Crippen LogP contribution in [-0.2, 0) is 17.7 Å². The van der Waals surface area contributed by atoms with Crippen molar-refractivity contribution in [1.29, 1.82) is 0 Å². The molecule has 0 saturated carbocycles. The van der Waals surface area contributed by atoms with Gasteiger partial charge in [-0.05, 0) is 24.6 Å². The first-order valence-electron chi connectivity index (χ1n) is 5.99. The minimum absolute atomic E-state index is 0. The highest BCUT2D eigenvalue weighted by atomic mass is 35.5. The van der Waals surface area contributed by atoms with Crippen LogP contribution in [-0.4, -0.2) is 25.9 Å². The molecule has 1 N–H and O–H groups in total. The van der Waals surface area contributed by atoms with Crippen LogP contribution in [0.2, 0.25) is 0 Å². The van der Waals surface area contributed by atoms with E-state index in [0.717, 1.165) is 44.9 Å². The van der Waals surface area contributed by atoms with Crippen molar-refractivity contribution in [3.8, 4) is 5.75 Å². The maximum Gasteiger partial charge on any atom is 0.124 e. The molecule has 0 bridgehead atoms. The highest BCUT2D eigenvalue weighted by Gasteiger charge is 2.20. The highest BCUT2D eigenvalue weighted by Crippen LogP contribution is 2.27. The van der Waals surface area contributed by atoms with Crippen molar-refractivity contribution in [1.82, 2.24) is 5.32 Å². The third-order valence-electron chi connectivity index (χ3n) is 3.28. The Morgan fingerprint density at radius 2 is 2.29 bits per heavy atom. The SMILES string of the molecule is Cl.c1cc2c(c(OC3CCOC3)c1)CNCC2. The van der Waals surface area contributed by atoms with Gasteiger partial charge >= 0.3 is 0 Å². The highest BCUT2D eigenvalue weighted by molar-refractivity contribution is 5.85. The van der Waals surface area contributed by atoms with E-state index in [2.05, 4.69) is 23.5 Å². The molecule has 1 aromatic rings. The molecule has 2 aliphatic heterocycles. The average Bonchev–Trinajstić information content (AvgIpc) is 2.82. The Morgan fingerprint density at radius 3 is 3.12 bits per heavy atom. The fraction of sp³-hybridized carbons (Fsp3) is 0.538. The second-order valence-corrected chi connectivity index (χ2v) is 4.42. The number of ether oxygens (including phenoxy) is 2. The minimum atomic E-state index is 0. The van der Waals surface area contributed by atoms with Crippen LogP contribution in [0, 0.1) is 0 Å². The molecule has 0 spiro atoms. The molecule has 94 valence electrons. The normalized spacial score (nSPS) is 22.7. The van der Waals surface area contributed by atoms with E-state index in [-0.39, 0.29) is 18.5 Å². The van der Waals surface area contributed by atoms with Gasteiger partial charge in [-0.15, -0.1) is 12.4 Å². The number of halogens is 1. The molecule has 2 heterocycles. The number of rotatable bonds is 2. The first-order valence-corrected chi connectivity index (χ1v) is 5.99. The van der Waals surface area contributed by atoms with E-state index in [1.54, 1.807) is 0 Å². The van der Waals surface area contributed by atoms with Gasteiger partial charge in [0.2, 0.25) is 0 Å². The second-order valence-electron chi connectivity index (χ2n) is 4.42. The lowest BCUT2D eigenvalue weighted by molar-refractivity contribution is 0.140. The fourth-order valence-corrected chi connectivity index (χ4v) is 2.38. The summed E-state index contributed by atoms with van der Waals surface area (Å²) >= 11 is 0. The number of nitrogens with one attached hydrogen (secondary N) is 1. The van der Waals surface area contributed by atoms with Crippen molar-refractivity contribution in [2.24, 2.45) is 0 Å². The van der Waals surface area contributed by atoms with E-state index in [4.69, 9.17) is 9.47 Å². The van der Waals surface area contributed by atoms with Gasteiger partial charge in [0.1, 0.15) is 11.9 Å². The predicted molar refractivity (Wildman–Crippen MR) is 69.0 cm³/mol. The molecule has 3 rings (SSSR count). The zero-order valence-corrected chi connectivity index (χ0v) is 10.6. The summed E-state index contributed by atoms with van der Waals surface area (Å²) in [6, 6.07) is 6.37. The number of benzene rings is 1. The summed E-state index contributed by atoms with van der Waals surface area (Å²) in [5.74, 6) is 1.04. The van der Waals surface area contributed by atoms with Gasteiger partial charge in [-0.2, -0.15) is 0 Å². The lowest BCUT2D eigenvalue weighted by Gasteiger charge is -2.22. The Kier molecular flexibility index (Phi) is 4.26. The molecule has 17 heavy (non-hydrogen) atoms. The lowest BCUT2D eigenvalue weighted by Crippen LogP contribution is -2.25. The molecule has 0 radical (unpaired) electrons. The summed E-state index contributed by atoms with van der Waals surface area (Å²) in [6.07, 6.45) is 2.36. The van der Waals surface area contributed by atoms with Crippen LogP contribution < -0.4 is 10.1 Å². The lowest BCUT2D eigenvalue weighted by atomic mass is 10.0. The fourth-order valence-electron chi connectivity index (χ4n) is 2.38. The Hall–Kier alpha value is -0.770. The molecule has 3 nitrogen and oxygen atoms in total. The second kappa shape index (κ2) is 5.71. The van der Waals surface area contributed by atoms with Gasteiger partial charge in [-0.1, -0.05) is 12.1 Å². The van der Waals surface area contributed by atoms with E-state index >= 15 is 0 Å². The van der Waals surface area contributed by atoms with E-state index in [1.807, 2.05) is 0 Å². The molecule has 1 aromatic carbocycles. The van der Waals surface area contributed by atoms with Crippen molar-refractivity contribution < 1.29 is 9.47 Å². The standard InChI is InChI=1S/C13H17NO2.ClH/c1-2-10-4-6-14-8-12(10)13(3-1)16-11-5-7-15-9-11;/h1-3,11,14H,4-9H2;1H. The summed E-state index contributed by atoms with van der Waals surface area (Å²) < 4.78 is 11.3. The van der Waals surface area contributed by atoms with Crippen molar-refractivity contribution in [2.45, 2.75) is 25.5 Å². The summed E-state index contributed by atoms with van der Waals surface area (Å²) in [5, 5.41) is 3.39. The van der Waals surface area contributed by atoms with Crippen molar-refractivity contribution in [3.63, 3.8) is 0 Å². The van der Waals surface area contributed by atoms with Crippen LogP contribution in [0.1, 0.15) is 17.5 Å². The zero-order valence-electron chi connectivity index (χ0n) is 9.78. The molecule has 0 aromatic heterocycles. The van der Waals surface area contributed by atoms with Crippen LogP contribution in [0.15, 0.2) is 18.2 Å². The maximum atomic E-state index is 6.01. The zero-order chi connectivity index (χ0) is 10.8. The Morgan fingerprint density at radius 1 is 1.35 bits per heavy atom. The molecule has 0 aliphatic carbocycles. The average molecular weight is 256 g/mol. The largest absolute Gasteiger partial charge is 0.488 e. The van der Waals surface area contributed by atoms with Crippen molar-refractivity contribution in [3.05, 3.63) is 29.3 Å². The van der Waals surface area contributed by atoms with E-state index in [9.17, 15) is 0 Å². The van der Waals surface area contributed by atoms with Gasteiger partial charge in [-0.3, -0.25) is 0 Å². The molecule has 0 amide bonds. The number of hydrogen-bond donors (Lipinski definition) is 1. The Labute approximate surface area is 108 Å². The topological polar surface area (TPSA) is 30.5 Å². The van der Waals surface area contributed by atoms with Gasteiger partial charge in [0.15, 0.2) is 0 Å². The molecule has 4 heteroatoms. The van der Waals surface area contributed by atoms with E-state index < -0.39 is 0 Å². The van der Waals surface area contributed by atoms with Crippen molar-refractivity contribution >= 4 is 12.4 Å². The number of hydrogen-bond acceptors (Lipinski definition) is 3. The van der Waals surface area contributed by atoms with Crippen LogP contribution in [0.3, 0.4) is 0 Å². The Balaban J connectivity index is 0.00000108. The van der Waals surface area contributed by atoms with Crippen molar-refractivity contribution in [2.75, 3.05) is 19.8 Å². The molecule has 1 unspecified atom stereocenters. The summed E-state index contributed by atoms with van der Waals surface area (Å²) in [6.45, 7) is 3.57. The summed E-state index contributed by atoms with van der Waals surface area (Å²) in [7, 11) is 0. The van der Waals surface area contributed by atoms with Gasteiger partial charge in [0.05, 0.1) is 13.2 Å². The summed E-state index contributed by atoms with van der Waals surface area (Å²) in [5.41, 5.74) is 2.76. The van der Waals surface area contributed by atoms with Gasteiger partial charge < -0.3 is 14.8 Å². The monoisotopic (exact) mass is 255 g/mol. The van der Waals surface area contributed by atoms with Gasteiger partial charge in [-0.25, -0.2) is 0 Å². The van der Waals surface area contributed by atoms with Crippen LogP contribution in [0.4, 0.5) is 0 Å². The minimum Gasteiger partial charge on any atom is -0.488 e. The predicted octanol–water partition coefficient (Wildman–Crippen LogP) is 1.92. The van der Waals surface area contributed by atoms with E-state index in [1.165, 1.54) is 11.1 Å². The van der Waals surface area contributed by atoms with Crippen LogP contribution >= 0.6 is 12.4 Å². The van der Waals surface area contributed by atoms with Crippen LogP contribution in [0.5, 0.6) is 5.75 Å². The van der Waals surface area contributed by atoms with E-state index in [0.29, 0.717) is 0 Å². The molecule has 2 aliphatic rings. The third-order valence-corrected chi connectivity index (χ3v) is 3.28. The van der Waals surface area contributed by atoms with Gasteiger partial charge in [0, 0.05) is 18.5 Å². The molecule has 1 atom stereocenters. The van der Waals surface area contributed by atoms with Gasteiger partial charge in [0.25, 0.3) is 0 Å². The molecular formula is C13H18ClNO2. The first kappa shape index (κ1) is 12.7. The maximum absolute atomic E-state index is 6.01. The molecular weight excluding hydrogens is 238 g/mol. The summed E-state index contributed by atoms with van der Waals surface area (Å²) in [4.78, 5) is 0.